The van der Waals surface area contributed by atoms with Crippen LogP contribution in [0.25, 0.3) is 0 Å². The van der Waals surface area contributed by atoms with Gasteiger partial charge in [-0.15, -0.1) is 0 Å². The van der Waals surface area contributed by atoms with Crippen LogP contribution in [0.4, 0.5) is 0 Å². The molecule has 0 heterocycles. The molecular weight excluding hydrogens is 152 g/mol. The van der Waals surface area contributed by atoms with Crippen molar-refractivity contribution in [3.8, 4) is 0 Å². The molecule has 0 spiro atoms. The van der Waals surface area contributed by atoms with Gasteiger partial charge in [-0.3, -0.25) is 0 Å². The molecular formula is C9H22N2O. The van der Waals surface area contributed by atoms with E-state index in [4.69, 9.17) is 4.74 Å². The standard InChI is InChI=1S/C9H22N2O/c1-4-10-7-9(2)8-11-5-6-12-3/h9-11H,4-8H2,1-3H3. The van der Waals surface area contributed by atoms with E-state index < -0.39 is 0 Å². The van der Waals surface area contributed by atoms with Crippen LogP contribution in [0.5, 0.6) is 0 Å². The Bertz CT molecular complexity index is 88.6. The second-order valence-electron chi connectivity index (χ2n) is 3.11. The van der Waals surface area contributed by atoms with Gasteiger partial charge in [0.15, 0.2) is 0 Å². The zero-order chi connectivity index (χ0) is 9.23. The van der Waals surface area contributed by atoms with Crippen LogP contribution in [0.2, 0.25) is 0 Å². The number of ether oxygens (including phenoxy) is 1. The number of rotatable bonds is 8. The maximum atomic E-state index is 4.93. The summed E-state index contributed by atoms with van der Waals surface area (Å²) in [6.45, 7) is 9.34. The van der Waals surface area contributed by atoms with E-state index in [0.29, 0.717) is 5.92 Å². The van der Waals surface area contributed by atoms with Gasteiger partial charge in [0.25, 0.3) is 0 Å². The quantitative estimate of drug-likeness (QED) is 0.525. The van der Waals surface area contributed by atoms with Crippen LogP contribution < -0.4 is 10.6 Å². The normalized spacial score (nSPS) is 13.2. The molecule has 2 N–H and O–H groups in total. The minimum atomic E-state index is 0.696. The van der Waals surface area contributed by atoms with Crippen LogP contribution in [0, 0.1) is 5.92 Å². The Morgan fingerprint density at radius 1 is 1.25 bits per heavy atom. The second-order valence-corrected chi connectivity index (χ2v) is 3.11. The zero-order valence-electron chi connectivity index (χ0n) is 8.52. The highest BCUT2D eigenvalue weighted by molar-refractivity contribution is 4.59. The lowest BCUT2D eigenvalue weighted by atomic mass is 10.2. The van der Waals surface area contributed by atoms with Crippen LogP contribution in [-0.2, 0) is 4.74 Å². The molecule has 0 aliphatic carbocycles. The minimum Gasteiger partial charge on any atom is -0.383 e. The molecule has 0 aliphatic rings. The van der Waals surface area contributed by atoms with E-state index in [1.54, 1.807) is 7.11 Å². The van der Waals surface area contributed by atoms with E-state index in [0.717, 1.165) is 32.8 Å². The maximum Gasteiger partial charge on any atom is 0.0587 e. The molecule has 3 nitrogen and oxygen atoms in total. The van der Waals surface area contributed by atoms with Crippen LogP contribution in [0.3, 0.4) is 0 Å². The average Bonchev–Trinajstić information content (AvgIpc) is 2.09. The van der Waals surface area contributed by atoms with E-state index in [1.165, 1.54) is 0 Å². The molecule has 0 aromatic heterocycles. The summed E-state index contributed by atoms with van der Waals surface area (Å²) in [6, 6.07) is 0. The molecule has 0 saturated heterocycles. The fourth-order valence-corrected chi connectivity index (χ4v) is 0.986. The van der Waals surface area contributed by atoms with Gasteiger partial charge < -0.3 is 15.4 Å². The maximum absolute atomic E-state index is 4.93. The van der Waals surface area contributed by atoms with Gasteiger partial charge in [-0.25, -0.2) is 0 Å². The van der Waals surface area contributed by atoms with Crippen molar-refractivity contribution in [3.63, 3.8) is 0 Å². The van der Waals surface area contributed by atoms with Gasteiger partial charge in [-0.1, -0.05) is 13.8 Å². The smallest absolute Gasteiger partial charge is 0.0587 e. The highest BCUT2D eigenvalue weighted by Crippen LogP contribution is 1.88. The topological polar surface area (TPSA) is 33.3 Å². The van der Waals surface area contributed by atoms with E-state index >= 15 is 0 Å². The third-order valence-electron chi connectivity index (χ3n) is 1.72. The lowest BCUT2D eigenvalue weighted by molar-refractivity contribution is 0.198. The fourth-order valence-electron chi connectivity index (χ4n) is 0.986. The predicted octanol–water partition coefficient (Wildman–Crippen LogP) is 0.468. The van der Waals surface area contributed by atoms with Crippen LogP contribution in [0.1, 0.15) is 13.8 Å². The Morgan fingerprint density at radius 2 is 1.92 bits per heavy atom. The monoisotopic (exact) mass is 174 g/mol. The van der Waals surface area contributed by atoms with Crippen molar-refractivity contribution >= 4 is 0 Å². The van der Waals surface area contributed by atoms with Crippen LogP contribution >= 0.6 is 0 Å². The third-order valence-corrected chi connectivity index (χ3v) is 1.72. The van der Waals surface area contributed by atoms with Gasteiger partial charge in [-0.2, -0.15) is 0 Å². The lowest BCUT2D eigenvalue weighted by Crippen LogP contribution is -2.31. The first-order valence-corrected chi connectivity index (χ1v) is 4.71. The summed E-state index contributed by atoms with van der Waals surface area (Å²) in [5, 5.41) is 6.65. The molecule has 0 rings (SSSR count). The molecule has 0 bridgehead atoms. The number of nitrogens with one attached hydrogen (secondary N) is 2. The van der Waals surface area contributed by atoms with Crippen LogP contribution in [-0.4, -0.2) is 39.9 Å². The molecule has 1 atom stereocenters. The Kier molecular flexibility index (Phi) is 8.88. The fraction of sp³-hybridized carbons (Fsp3) is 1.00. The van der Waals surface area contributed by atoms with Gasteiger partial charge in [0.05, 0.1) is 6.61 Å². The Labute approximate surface area is 75.9 Å². The first kappa shape index (κ1) is 11.9. The van der Waals surface area contributed by atoms with Crippen molar-refractivity contribution in [3.05, 3.63) is 0 Å². The highest BCUT2D eigenvalue weighted by atomic mass is 16.5. The lowest BCUT2D eigenvalue weighted by Gasteiger charge is -2.12. The van der Waals surface area contributed by atoms with E-state index in [2.05, 4.69) is 24.5 Å². The Hall–Kier alpha value is -0.120. The Balaban J connectivity index is 3.02. The average molecular weight is 174 g/mol. The molecule has 3 heteroatoms. The number of hydrogen-bond acceptors (Lipinski definition) is 3. The first-order valence-electron chi connectivity index (χ1n) is 4.71. The van der Waals surface area contributed by atoms with Gasteiger partial charge >= 0.3 is 0 Å². The summed E-state index contributed by atoms with van der Waals surface area (Å²) in [5.74, 6) is 0.696. The summed E-state index contributed by atoms with van der Waals surface area (Å²) < 4.78 is 4.93. The van der Waals surface area contributed by atoms with Gasteiger partial charge in [0.1, 0.15) is 0 Å². The number of hydrogen-bond donors (Lipinski definition) is 2. The molecule has 12 heavy (non-hydrogen) atoms. The Morgan fingerprint density at radius 3 is 2.50 bits per heavy atom. The van der Waals surface area contributed by atoms with Gasteiger partial charge in [0, 0.05) is 13.7 Å². The molecule has 1 unspecified atom stereocenters. The first-order chi connectivity index (χ1) is 5.81. The van der Waals surface area contributed by atoms with Gasteiger partial charge in [0.2, 0.25) is 0 Å². The molecule has 0 aromatic carbocycles. The van der Waals surface area contributed by atoms with E-state index in [1.807, 2.05) is 0 Å². The second kappa shape index (κ2) is 8.97. The third kappa shape index (κ3) is 7.98. The minimum absolute atomic E-state index is 0.696. The molecule has 0 saturated carbocycles. The molecule has 0 fully saturated rings. The van der Waals surface area contributed by atoms with E-state index in [-0.39, 0.29) is 0 Å². The summed E-state index contributed by atoms with van der Waals surface area (Å²) in [6.07, 6.45) is 0. The van der Waals surface area contributed by atoms with Crippen LogP contribution in [0.15, 0.2) is 0 Å². The molecule has 0 aromatic rings. The number of methoxy groups -OCH3 is 1. The summed E-state index contributed by atoms with van der Waals surface area (Å²) >= 11 is 0. The van der Waals surface area contributed by atoms with Gasteiger partial charge in [-0.05, 0) is 25.6 Å². The van der Waals surface area contributed by atoms with Crippen molar-refractivity contribution in [2.75, 3.05) is 39.9 Å². The van der Waals surface area contributed by atoms with E-state index in [9.17, 15) is 0 Å². The molecule has 74 valence electrons. The largest absolute Gasteiger partial charge is 0.383 e. The van der Waals surface area contributed by atoms with Crippen molar-refractivity contribution in [1.29, 1.82) is 0 Å². The molecule has 0 radical (unpaired) electrons. The van der Waals surface area contributed by atoms with Crippen molar-refractivity contribution in [2.24, 2.45) is 5.92 Å². The van der Waals surface area contributed by atoms with Crippen molar-refractivity contribution < 1.29 is 4.74 Å². The molecule has 0 aliphatic heterocycles. The molecule has 0 amide bonds. The summed E-state index contributed by atoms with van der Waals surface area (Å²) in [7, 11) is 1.73. The zero-order valence-corrected chi connectivity index (χ0v) is 8.52. The van der Waals surface area contributed by atoms with Crippen molar-refractivity contribution in [2.45, 2.75) is 13.8 Å². The predicted molar refractivity (Wildman–Crippen MR) is 52.5 cm³/mol. The summed E-state index contributed by atoms with van der Waals surface area (Å²) in [4.78, 5) is 0. The van der Waals surface area contributed by atoms with Crippen molar-refractivity contribution in [1.82, 2.24) is 10.6 Å². The highest BCUT2D eigenvalue weighted by Gasteiger charge is 1.98. The SMILES string of the molecule is CCNCC(C)CNCCOC. The summed E-state index contributed by atoms with van der Waals surface area (Å²) in [5.41, 5.74) is 0.